The molecule has 128 valence electrons. The summed E-state index contributed by atoms with van der Waals surface area (Å²) in [6.07, 6.45) is 1.58. The number of nitrogens with one attached hydrogen (secondary N) is 1. The van der Waals surface area contributed by atoms with Crippen LogP contribution in [0.2, 0.25) is 0 Å². The van der Waals surface area contributed by atoms with E-state index in [2.05, 4.69) is 35.6 Å². The molecule has 4 heteroatoms. The number of aliphatic hydroxyl groups excluding tert-OH is 1. The van der Waals surface area contributed by atoms with Gasteiger partial charge in [-0.25, -0.2) is 4.79 Å². The minimum atomic E-state index is -0.362. The van der Waals surface area contributed by atoms with E-state index < -0.39 is 0 Å². The Morgan fingerprint density at radius 2 is 1.96 bits per heavy atom. The maximum Gasteiger partial charge on any atom is 0.317 e. The lowest BCUT2D eigenvalue weighted by Gasteiger charge is -2.34. The van der Waals surface area contributed by atoms with Crippen molar-refractivity contribution in [3.8, 4) is 0 Å². The number of benzene rings is 2. The Balaban J connectivity index is 1.66. The molecular weight excluding hydrogens is 300 g/mol. The van der Waals surface area contributed by atoms with Crippen LogP contribution in [-0.2, 0) is 0 Å². The summed E-state index contributed by atoms with van der Waals surface area (Å²) in [6.45, 7) is 5.22. The van der Waals surface area contributed by atoms with Crippen molar-refractivity contribution in [2.75, 3.05) is 13.1 Å². The first kappa shape index (κ1) is 16.8. The number of urea groups is 1. The van der Waals surface area contributed by atoms with E-state index in [-0.39, 0.29) is 24.1 Å². The highest BCUT2D eigenvalue weighted by atomic mass is 16.3. The number of carbonyl (C=O) groups is 1. The predicted octanol–water partition coefficient (Wildman–Crippen LogP) is 3.70. The van der Waals surface area contributed by atoms with Gasteiger partial charge < -0.3 is 15.3 Å². The Kier molecular flexibility index (Phi) is 5.05. The van der Waals surface area contributed by atoms with E-state index in [1.165, 1.54) is 10.8 Å². The van der Waals surface area contributed by atoms with Crippen LogP contribution in [0.1, 0.15) is 38.3 Å². The summed E-state index contributed by atoms with van der Waals surface area (Å²) in [4.78, 5) is 14.4. The van der Waals surface area contributed by atoms with Crippen molar-refractivity contribution in [3.63, 3.8) is 0 Å². The van der Waals surface area contributed by atoms with Gasteiger partial charge in [0.25, 0.3) is 0 Å². The lowest BCUT2D eigenvalue weighted by Crippen LogP contribution is -2.47. The minimum absolute atomic E-state index is 0.0407. The number of aliphatic hydroxyl groups is 1. The molecule has 2 aromatic carbocycles. The molecule has 1 fully saturated rings. The van der Waals surface area contributed by atoms with Gasteiger partial charge in [0, 0.05) is 19.0 Å². The van der Waals surface area contributed by atoms with E-state index in [4.69, 9.17) is 0 Å². The molecular formula is C20H26N2O2. The molecule has 0 aromatic heterocycles. The molecule has 0 aliphatic carbocycles. The highest BCUT2D eigenvalue weighted by molar-refractivity contribution is 5.83. The van der Waals surface area contributed by atoms with Crippen LogP contribution in [0, 0.1) is 5.92 Å². The van der Waals surface area contributed by atoms with Gasteiger partial charge in [-0.05, 0) is 49.1 Å². The number of piperidine rings is 1. The number of rotatable bonds is 3. The van der Waals surface area contributed by atoms with Gasteiger partial charge in [-0.2, -0.15) is 0 Å². The van der Waals surface area contributed by atoms with Crippen LogP contribution in [0.25, 0.3) is 10.8 Å². The molecule has 0 bridgehead atoms. The lowest BCUT2D eigenvalue weighted by molar-refractivity contribution is 0.0734. The molecule has 4 nitrogen and oxygen atoms in total. The van der Waals surface area contributed by atoms with Gasteiger partial charge in [-0.15, -0.1) is 0 Å². The second kappa shape index (κ2) is 7.22. The number of hydrogen-bond donors (Lipinski definition) is 2. The zero-order valence-electron chi connectivity index (χ0n) is 14.4. The molecule has 0 radical (unpaired) electrons. The van der Waals surface area contributed by atoms with Gasteiger partial charge in [0.2, 0.25) is 0 Å². The molecule has 1 saturated heterocycles. The third kappa shape index (κ3) is 3.70. The van der Waals surface area contributed by atoms with E-state index in [1.807, 2.05) is 30.9 Å². The Morgan fingerprint density at radius 3 is 2.71 bits per heavy atom. The molecule has 2 amide bonds. The Morgan fingerprint density at radius 1 is 1.21 bits per heavy atom. The summed E-state index contributed by atoms with van der Waals surface area (Å²) in [6, 6.07) is 14.4. The molecule has 1 aliphatic rings. The average molecular weight is 326 g/mol. The Hall–Kier alpha value is -2.07. The van der Waals surface area contributed by atoms with Crippen LogP contribution in [0.15, 0.2) is 42.5 Å². The quantitative estimate of drug-likeness (QED) is 0.903. The SMILES string of the molecule is CC(NC(=O)N1CCCC(C(C)O)C1)c1ccc2ccccc2c1. The number of fused-ring (bicyclic) bond motifs is 1. The first-order valence-electron chi connectivity index (χ1n) is 8.77. The molecule has 24 heavy (non-hydrogen) atoms. The summed E-state index contributed by atoms with van der Waals surface area (Å²) >= 11 is 0. The second-order valence-corrected chi connectivity index (χ2v) is 6.87. The zero-order valence-corrected chi connectivity index (χ0v) is 14.4. The standard InChI is InChI=1S/C20H26N2O2/c1-14(17-10-9-16-6-3-4-7-18(16)12-17)21-20(24)22-11-5-8-19(13-22)15(2)23/h3-4,6-7,9-10,12,14-15,19,23H,5,8,11,13H2,1-2H3,(H,21,24). The van der Waals surface area contributed by atoms with Crippen molar-refractivity contribution in [1.82, 2.24) is 10.2 Å². The topological polar surface area (TPSA) is 52.6 Å². The highest BCUT2D eigenvalue weighted by Gasteiger charge is 2.27. The Labute approximate surface area is 143 Å². The second-order valence-electron chi connectivity index (χ2n) is 6.87. The third-order valence-electron chi connectivity index (χ3n) is 5.04. The highest BCUT2D eigenvalue weighted by Crippen LogP contribution is 2.22. The summed E-state index contributed by atoms with van der Waals surface area (Å²) < 4.78 is 0. The molecule has 3 rings (SSSR count). The number of nitrogens with zero attached hydrogens (tertiary/aromatic N) is 1. The monoisotopic (exact) mass is 326 g/mol. The van der Waals surface area contributed by atoms with E-state index >= 15 is 0 Å². The van der Waals surface area contributed by atoms with Crippen LogP contribution in [-0.4, -0.2) is 35.2 Å². The average Bonchev–Trinajstić information content (AvgIpc) is 2.61. The maximum absolute atomic E-state index is 12.5. The lowest BCUT2D eigenvalue weighted by atomic mass is 9.93. The molecule has 1 aliphatic heterocycles. The molecule has 1 heterocycles. The van der Waals surface area contributed by atoms with Gasteiger partial charge in [-0.1, -0.05) is 36.4 Å². The van der Waals surface area contributed by atoms with Crippen molar-refractivity contribution in [2.45, 2.75) is 38.8 Å². The molecule has 0 saturated carbocycles. The smallest absolute Gasteiger partial charge is 0.317 e. The van der Waals surface area contributed by atoms with Gasteiger partial charge >= 0.3 is 6.03 Å². The largest absolute Gasteiger partial charge is 0.393 e. The summed E-state index contributed by atoms with van der Waals surface area (Å²) in [5.74, 6) is 0.181. The Bertz CT molecular complexity index is 714. The van der Waals surface area contributed by atoms with Gasteiger partial charge in [0.15, 0.2) is 0 Å². The van der Waals surface area contributed by atoms with Crippen molar-refractivity contribution >= 4 is 16.8 Å². The molecule has 0 spiro atoms. The van der Waals surface area contributed by atoms with E-state index in [0.717, 1.165) is 24.9 Å². The molecule has 3 unspecified atom stereocenters. The van der Waals surface area contributed by atoms with Crippen LogP contribution in [0.5, 0.6) is 0 Å². The van der Waals surface area contributed by atoms with Crippen LogP contribution in [0.4, 0.5) is 4.79 Å². The number of carbonyl (C=O) groups excluding carboxylic acids is 1. The van der Waals surface area contributed by atoms with Gasteiger partial charge in [0.05, 0.1) is 12.1 Å². The number of likely N-dealkylation sites (tertiary alicyclic amines) is 1. The zero-order chi connectivity index (χ0) is 17.1. The predicted molar refractivity (Wildman–Crippen MR) is 96.9 cm³/mol. The maximum atomic E-state index is 12.5. The molecule has 2 aromatic rings. The fourth-order valence-electron chi connectivity index (χ4n) is 3.43. The van der Waals surface area contributed by atoms with E-state index in [9.17, 15) is 9.90 Å². The normalized spacial score (nSPS) is 20.6. The number of amides is 2. The van der Waals surface area contributed by atoms with E-state index in [1.54, 1.807) is 0 Å². The summed E-state index contributed by atoms with van der Waals surface area (Å²) in [5.41, 5.74) is 1.10. The van der Waals surface area contributed by atoms with Gasteiger partial charge in [-0.3, -0.25) is 0 Å². The fourth-order valence-corrected chi connectivity index (χ4v) is 3.43. The van der Waals surface area contributed by atoms with Crippen LogP contribution < -0.4 is 5.32 Å². The van der Waals surface area contributed by atoms with Crippen LogP contribution in [0.3, 0.4) is 0 Å². The van der Waals surface area contributed by atoms with Crippen molar-refractivity contribution in [2.24, 2.45) is 5.92 Å². The minimum Gasteiger partial charge on any atom is -0.393 e. The molecule has 2 N–H and O–H groups in total. The number of hydrogen-bond acceptors (Lipinski definition) is 2. The summed E-state index contributed by atoms with van der Waals surface area (Å²) in [7, 11) is 0. The van der Waals surface area contributed by atoms with Crippen molar-refractivity contribution in [3.05, 3.63) is 48.0 Å². The fraction of sp³-hybridized carbons (Fsp3) is 0.450. The third-order valence-corrected chi connectivity index (χ3v) is 5.04. The van der Waals surface area contributed by atoms with Crippen molar-refractivity contribution < 1.29 is 9.90 Å². The summed E-state index contributed by atoms with van der Waals surface area (Å²) in [5, 5.41) is 15.3. The van der Waals surface area contributed by atoms with E-state index in [0.29, 0.717) is 6.54 Å². The first-order valence-corrected chi connectivity index (χ1v) is 8.77. The van der Waals surface area contributed by atoms with Crippen molar-refractivity contribution in [1.29, 1.82) is 0 Å². The first-order chi connectivity index (χ1) is 11.5. The van der Waals surface area contributed by atoms with Crippen LogP contribution >= 0.6 is 0 Å². The molecule has 3 atom stereocenters. The van der Waals surface area contributed by atoms with Gasteiger partial charge in [0.1, 0.15) is 0 Å².